The molecule has 4 nitrogen and oxygen atoms in total. The van der Waals surface area contributed by atoms with Gasteiger partial charge in [-0.05, 0) is 32.8 Å². The molecule has 108 valence electrons. The highest BCUT2D eigenvalue weighted by molar-refractivity contribution is 5.47. The molecule has 19 heavy (non-hydrogen) atoms. The molecule has 0 saturated carbocycles. The summed E-state index contributed by atoms with van der Waals surface area (Å²) in [5.41, 5.74) is 0.501. The van der Waals surface area contributed by atoms with Crippen LogP contribution in [0.2, 0.25) is 0 Å². The van der Waals surface area contributed by atoms with Gasteiger partial charge in [-0.1, -0.05) is 12.1 Å². The van der Waals surface area contributed by atoms with Gasteiger partial charge in [-0.3, -0.25) is 0 Å². The van der Waals surface area contributed by atoms with Gasteiger partial charge in [0, 0.05) is 12.7 Å². The van der Waals surface area contributed by atoms with E-state index in [2.05, 4.69) is 0 Å². The van der Waals surface area contributed by atoms with Crippen LogP contribution >= 0.6 is 0 Å². The lowest BCUT2D eigenvalue weighted by molar-refractivity contribution is 0.00257. The number of ether oxygens (including phenoxy) is 3. The third-order valence-corrected chi connectivity index (χ3v) is 3.36. The molecule has 0 fully saturated rings. The van der Waals surface area contributed by atoms with E-state index in [1.165, 1.54) is 0 Å². The lowest BCUT2D eigenvalue weighted by atomic mass is 9.96. The van der Waals surface area contributed by atoms with Crippen molar-refractivity contribution in [3.8, 4) is 11.5 Å². The SMILES string of the molecule is COc1cccc(C(O)CCC(C)(C)OC)c1OC. The Labute approximate surface area is 115 Å². The third-order valence-electron chi connectivity index (χ3n) is 3.36. The van der Waals surface area contributed by atoms with E-state index in [1.54, 1.807) is 21.3 Å². The lowest BCUT2D eigenvalue weighted by Gasteiger charge is -2.25. The molecular weight excluding hydrogens is 244 g/mol. The number of aliphatic hydroxyl groups excluding tert-OH is 1. The molecule has 1 atom stereocenters. The average Bonchev–Trinajstić information content (AvgIpc) is 2.43. The van der Waals surface area contributed by atoms with Gasteiger partial charge in [-0.15, -0.1) is 0 Å². The minimum absolute atomic E-state index is 0.243. The van der Waals surface area contributed by atoms with Crippen LogP contribution in [0.4, 0.5) is 0 Å². The van der Waals surface area contributed by atoms with E-state index in [9.17, 15) is 5.11 Å². The number of hydrogen-bond donors (Lipinski definition) is 1. The minimum atomic E-state index is -0.598. The third kappa shape index (κ3) is 4.11. The number of rotatable bonds is 7. The molecule has 0 bridgehead atoms. The Morgan fingerprint density at radius 2 is 1.84 bits per heavy atom. The molecule has 4 heteroatoms. The van der Waals surface area contributed by atoms with E-state index >= 15 is 0 Å². The van der Waals surface area contributed by atoms with Gasteiger partial charge >= 0.3 is 0 Å². The van der Waals surface area contributed by atoms with Crippen LogP contribution in [0.3, 0.4) is 0 Å². The second-order valence-electron chi connectivity index (χ2n) is 5.10. The summed E-state index contributed by atoms with van der Waals surface area (Å²) >= 11 is 0. The van der Waals surface area contributed by atoms with E-state index in [1.807, 2.05) is 32.0 Å². The predicted octanol–water partition coefficient (Wildman–Crippen LogP) is 2.94. The van der Waals surface area contributed by atoms with Crippen molar-refractivity contribution in [2.75, 3.05) is 21.3 Å². The number of aliphatic hydroxyl groups is 1. The first-order valence-corrected chi connectivity index (χ1v) is 6.39. The Morgan fingerprint density at radius 1 is 1.16 bits per heavy atom. The van der Waals surface area contributed by atoms with Gasteiger partial charge in [0.1, 0.15) is 0 Å². The van der Waals surface area contributed by atoms with Crippen molar-refractivity contribution in [2.24, 2.45) is 0 Å². The molecule has 1 unspecified atom stereocenters. The topological polar surface area (TPSA) is 47.9 Å². The number of benzene rings is 1. The first kappa shape index (κ1) is 15.8. The van der Waals surface area contributed by atoms with Crippen LogP contribution in [0, 0.1) is 0 Å². The van der Waals surface area contributed by atoms with Crippen molar-refractivity contribution >= 4 is 0 Å². The maximum Gasteiger partial charge on any atom is 0.166 e. The number of methoxy groups -OCH3 is 3. The molecule has 0 amide bonds. The molecule has 0 saturated heterocycles. The first-order valence-electron chi connectivity index (χ1n) is 6.39. The summed E-state index contributed by atoms with van der Waals surface area (Å²) in [6, 6.07) is 5.52. The zero-order valence-electron chi connectivity index (χ0n) is 12.4. The molecule has 1 aromatic rings. The first-order chi connectivity index (χ1) is 8.95. The van der Waals surface area contributed by atoms with Gasteiger partial charge in [0.05, 0.1) is 25.9 Å². The lowest BCUT2D eigenvalue weighted by Crippen LogP contribution is -2.23. The van der Waals surface area contributed by atoms with Crippen LogP contribution in [0.15, 0.2) is 18.2 Å². The maximum atomic E-state index is 10.3. The summed E-state index contributed by atoms with van der Waals surface area (Å²) < 4.78 is 15.9. The molecule has 0 aliphatic heterocycles. The Bertz CT molecular complexity index is 401. The highest BCUT2D eigenvalue weighted by Gasteiger charge is 2.22. The molecule has 0 aliphatic rings. The van der Waals surface area contributed by atoms with Crippen LogP contribution in [-0.4, -0.2) is 32.0 Å². The van der Waals surface area contributed by atoms with Gasteiger partial charge in [0.2, 0.25) is 0 Å². The highest BCUT2D eigenvalue weighted by Crippen LogP contribution is 2.36. The molecule has 0 aliphatic carbocycles. The van der Waals surface area contributed by atoms with Crippen molar-refractivity contribution in [1.82, 2.24) is 0 Å². The highest BCUT2D eigenvalue weighted by atomic mass is 16.5. The van der Waals surface area contributed by atoms with Crippen LogP contribution in [0.5, 0.6) is 11.5 Å². The van der Waals surface area contributed by atoms with E-state index in [4.69, 9.17) is 14.2 Å². The Balaban J connectivity index is 2.85. The standard InChI is InChI=1S/C15H24O4/c1-15(2,19-5)10-9-12(16)11-7-6-8-13(17-3)14(11)18-4/h6-8,12,16H,9-10H2,1-5H3. The van der Waals surface area contributed by atoms with Crippen molar-refractivity contribution in [2.45, 2.75) is 38.4 Å². The molecule has 0 spiro atoms. The summed E-state index contributed by atoms with van der Waals surface area (Å²) in [6.45, 7) is 4.01. The number of hydrogen-bond acceptors (Lipinski definition) is 4. The quantitative estimate of drug-likeness (QED) is 0.826. The van der Waals surface area contributed by atoms with Crippen LogP contribution in [0.1, 0.15) is 38.4 Å². The van der Waals surface area contributed by atoms with E-state index in [-0.39, 0.29) is 5.60 Å². The summed E-state index contributed by atoms with van der Waals surface area (Å²) in [5.74, 6) is 1.22. The zero-order valence-corrected chi connectivity index (χ0v) is 12.4. The number of para-hydroxylation sites is 1. The largest absolute Gasteiger partial charge is 0.493 e. The van der Waals surface area contributed by atoms with Crippen molar-refractivity contribution in [1.29, 1.82) is 0 Å². The smallest absolute Gasteiger partial charge is 0.166 e. The summed E-state index contributed by atoms with van der Waals surface area (Å²) in [6.07, 6.45) is 0.759. The van der Waals surface area contributed by atoms with Gasteiger partial charge in [-0.25, -0.2) is 0 Å². The monoisotopic (exact) mass is 268 g/mol. The fourth-order valence-electron chi connectivity index (χ4n) is 1.92. The second kappa shape index (κ2) is 6.78. The fourth-order valence-corrected chi connectivity index (χ4v) is 1.92. The van der Waals surface area contributed by atoms with Crippen molar-refractivity contribution in [3.63, 3.8) is 0 Å². The normalized spacial score (nSPS) is 13.2. The zero-order chi connectivity index (χ0) is 14.5. The minimum Gasteiger partial charge on any atom is -0.493 e. The summed E-state index contributed by atoms with van der Waals surface area (Å²) in [5, 5.41) is 10.3. The molecule has 0 aromatic heterocycles. The van der Waals surface area contributed by atoms with E-state index in [0.29, 0.717) is 17.9 Å². The molecule has 1 rings (SSSR count). The fraction of sp³-hybridized carbons (Fsp3) is 0.600. The Morgan fingerprint density at radius 3 is 2.37 bits per heavy atom. The maximum absolute atomic E-state index is 10.3. The molecule has 0 heterocycles. The Kier molecular flexibility index (Phi) is 5.63. The van der Waals surface area contributed by atoms with Gasteiger partial charge < -0.3 is 19.3 Å². The molecular formula is C15H24O4. The Hall–Kier alpha value is -1.26. The van der Waals surface area contributed by atoms with Crippen LogP contribution in [0.25, 0.3) is 0 Å². The predicted molar refractivity (Wildman–Crippen MR) is 74.8 cm³/mol. The van der Waals surface area contributed by atoms with Crippen molar-refractivity contribution in [3.05, 3.63) is 23.8 Å². The van der Waals surface area contributed by atoms with Crippen LogP contribution in [-0.2, 0) is 4.74 Å². The van der Waals surface area contributed by atoms with Crippen LogP contribution < -0.4 is 9.47 Å². The molecule has 1 N–H and O–H groups in total. The van der Waals surface area contributed by atoms with Gasteiger partial charge in [-0.2, -0.15) is 0 Å². The summed E-state index contributed by atoms with van der Waals surface area (Å²) in [4.78, 5) is 0. The van der Waals surface area contributed by atoms with Gasteiger partial charge in [0.15, 0.2) is 11.5 Å². The van der Waals surface area contributed by atoms with E-state index < -0.39 is 6.10 Å². The van der Waals surface area contributed by atoms with E-state index in [0.717, 1.165) is 12.0 Å². The van der Waals surface area contributed by atoms with Gasteiger partial charge in [0.25, 0.3) is 0 Å². The molecule has 1 aromatic carbocycles. The average molecular weight is 268 g/mol. The summed E-state index contributed by atoms with van der Waals surface area (Å²) in [7, 11) is 4.84. The molecule has 0 radical (unpaired) electrons. The van der Waals surface area contributed by atoms with Crippen molar-refractivity contribution < 1.29 is 19.3 Å². The second-order valence-corrected chi connectivity index (χ2v) is 5.10.